The van der Waals surface area contributed by atoms with E-state index < -0.39 is 0 Å². The van der Waals surface area contributed by atoms with Crippen molar-refractivity contribution >= 4 is 35.0 Å². The highest BCUT2D eigenvalue weighted by molar-refractivity contribution is 7.99. The van der Waals surface area contributed by atoms with E-state index in [1.807, 2.05) is 66.1 Å². The molecule has 2 aromatic carbocycles. The lowest BCUT2D eigenvalue weighted by Crippen LogP contribution is -2.28. The average Bonchev–Trinajstić information content (AvgIpc) is 3.63. The molecule has 1 amide bonds. The Kier molecular flexibility index (Phi) is 7.06. The third-order valence-electron chi connectivity index (χ3n) is 5.84. The number of hydrogen-bond acceptors (Lipinski definition) is 6. The number of rotatable bonds is 8. The summed E-state index contributed by atoms with van der Waals surface area (Å²) in [6, 6.07) is 18.9. The van der Waals surface area contributed by atoms with Crippen molar-refractivity contribution in [3.05, 3.63) is 101 Å². The van der Waals surface area contributed by atoms with Gasteiger partial charge in [-0.15, -0.1) is 16.8 Å². The number of hydrogen-bond donors (Lipinski definition) is 0. The molecule has 182 valence electrons. The van der Waals surface area contributed by atoms with Crippen molar-refractivity contribution < 1.29 is 9.21 Å². The van der Waals surface area contributed by atoms with Crippen LogP contribution in [-0.2, 0) is 11.3 Å². The van der Waals surface area contributed by atoms with Crippen LogP contribution in [0.3, 0.4) is 0 Å². The molecule has 0 N–H and O–H groups in total. The number of aromatic nitrogens is 3. The standard InChI is InChI=1S/C27H24ClN5O2S/c1-3-13-32-26(20-7-4-6-18(2)15-20)29-30-27(32)36-17-25(34)33-23(24-8-5-14-35-24)16-22(31-33)19-9-11-21(28)12-10-19/h3-12,14-15,23H,1,13,16-17H2,2H3/t23-/m0/s1. The van der Waals surface area contributed by atoms with E-state index in [0.29, 0.717) is 28.9 Å². The summed E-state index contributed by atoms with van der Waals surface area (Å²) >= 11 is 7.38. The number of halogens is 1. The van der Waals surface area contributed by atoms with E-state index in [2.05, 4.69) is 27.9 Å². The fraction of sp³-hybridized carbons (Fsp3) is 0.185. The molecule has 0 spiro atoms. The first-order valence-electron chi connectivity index (χ1n) is 11.5. The Balaban J connectivity index is 1.38. The predicted octanol–water partition coefficient (Wildman–Crippen LogP) is 6.16. The van der Waals surface area contributed by atoms with Crippen molar-refractivity contribution in [3.63, 3.8) is 0 Å². The highest BCUT2D eigenvalue weighted by Crippen LogP contribution is 2.34. The molecule has 0 fully saturated rings. The van der Waals surface area contributed by atoms with Gasteiger partial charge in [0.15, 0.2) is 11.0 Å². The molecule has 0 unspecified atom stereocenters. The summed E-state index contributed by atoms with van der Waals surface area (Å²) in [5.74, 6) is 1.44. The first-order valence-corrected chi connectivity index (χ1v) is 12.8. The summed E-state index contributed by atoms with van der Waals surface area (Å²) in [6.45, 7) is 6.44. The number of allylic oxidation sites excluding steroid dienone is 1. The largest absolute Gasteiger partial charge is 0.467 e. The van der Waals surface area contributed by atoms with E-state index in [9.17, 15) is 4.79 Å². The number of amides is 1. The van der Waals surface area contributed by atoms with E-state index in [0.717, 1.165) is 28.2 Å². The zero-order valence-electron chi connectivity index (χ0n) is 19.7. The summed E-state index contributed by atoms with van der Waals surface area (Å²) in [6.07, 6.45) is 3.96. The monoisotopic (exact) mass is 517 g/mol. The minimum absolute atomic E-state index is 0.143. The van der Waals surface area contributed by atoms with Gasteiger partial charge in [-0.05, 0) is 42.8 Å². The van der Waals surface area contributed by atoms with Crippen LogP contribution < -0.4 is 0 Å². The van der Waals surface area contributed by atoms with Crippen LogP contribution in [0.25, 0.3) is 11.4 Å². The maximum Gasteiger partial charge on any atom is 0.253 e. The minimum Gasteiger partial charge on any atom is -0.467 e. The summed E-state index contributed by atoms with van der Waals surface area (Å²) < 4.78 is 7.61. The van der Waals surface area contributed by atoms with Crippen molar-refractivity contribution in [2.24, 2.45) is 5.10 Å². The minimum atomic E-state index is -0.312. The SMILES string of the molecule is C=CCn1c(SCC(=O)N2N=C(c3ccc(Cl)cc3)C[C@H]2c2ccco2)nnc1-c1cccc(C)c1. The lowest BCUT2D eigenvalue weighted by Gasteiger charge is -2.19. The number of furan rings is 1. The molecule has 4 aromatic rings. The second-order valence-corrected chi connectivity index (χ2v) is 9.77. The lowest BCUT2D eigenvalue weighted by atomic mass is 10.0. The van der Waals surface area contributed by atoms with Gasteiger partial charge in [0.25, 0.3) is 5.91 Å². The molecule has 0 radical (unpaired) electrons. The van der Waals surface area contributed by atoms with Crippen LogP contribution in [0.5, 0.6) is 0 Å². The molecule has 1 aliphatic rings. The zero-order valence-corrected chi connectivity index (χ0v) is 21.2. The maximum atomic E-state index is 13.4. The smallest absolute Gasteiger partial charge is 0.253 e. The molecule has 36 heavy (non-hydrogen) atoms. The molecule has 7 nitrogen and oxygen atoms in total. The third-order valence-corrected chi connectivity index (χ3v) is 7.05. The van der Waals surface area contributed by atoms with Gasteiger partial charge in [0, 0.05) is 23.6 Å². The Morgan fingerprint density at radius 1 is 1.17 bits per heavy atom. The van der Waals surface area contributed by atoms with E-state index >= 15 is 0 Å². The molecular formula is C27H24ClN5O2S. The number of carbonyl (C=O) groups excluding carboxylic acids is 1. The summed E-state index contributed by atoms with van der Waals surface area (Å²) in [5.41, 5.74) is 3.84. The first kappa shape index (κ1) is 24.1. The topological polar surface area (TPSA) is 76.5 Å². The average molecular weight is 518 g/mol. The Morgan fingerprint density at radius 2 is 2.00 bits per heavy atom. The third kappa shape index (κ3) is 5.01. The van der Waals surface area contributed by atoms with E-state index in [1.54, 1.807) is 12.3 Å². The number of aryl methyl sites for hydroxylation is 1. The number of nitrogens with zero attached hydrogens (tertiary/aromatic N) is 5. The predicted molar refractivity (Wildman–Crippen MR) is 142 cm³/mol. The summed E-state index contributed by atoms with van der Waals surface area (Å²) in [7, 11) is 0. The quantitative estimate of drug-likeness (QED) is 0.207. The fourth-order valence-corrected chi connectivity index (χ4v) is 5.07. The van der Waals surface area contributed by atoms with Gasteiger partial charge in [-0.2, -0.15) is 5.10 Å². The molecular weight excluding hydrogens is 494 g/mol. The van der Waals surface area contributed by atoms with E-state index in [1.165, 1.54) is 16.8 Å². The van der Waals surface area contributed by atoms with Crippen LogP contribution in [0.4, 0.5) is 0 Å². The molecule has 9 heteroatoms. The van der Waals surface area contributed by atoms with Crippen molar-refractivity contribution in [1.29, 1.82) is 0 Å². The van der Waals surface area contributed by atoms with Gasteiger partial charge in [0.2, 0.25) is 0 Å². The first-order chi connectivity index (χ1) is 17.5. The molecule has 3 heterocycles. The normalized spacial score (nSPS) is 15.2. The number of benzene rings is 2. The van der Waals surface area contributed by atoms with Crippen LogP contribution in [-0.4, -0.2) is 37.1 Å². The van der Waals surface area contributed by atoms with Gasteiger partial charge in [-0.25, -0.2) is 5.01 Å². The Morgan fingerprint density at radius 3 is 2.72 bits per heavy atom. The van der Waals surface area contributed by atoms with Crippen molar-refractivity contribution in [2.75, 3.05) is 5.75 Å². The van der Waals surface area contributed by atoms with Crippen molar-refractivity contribution in [1.82, 2.24) is 19.8 Å². The molecule has 1 atom stereocenters. The van der Waals surface area contributed by atoms with Gasteiger partial charge >= 0.3 is 0 Å². The van der Waals surface area contributed by atoms with Crippen LogP contribution in [0.2, 0.25) is 5.02 Å². The van der Waals surface area contributed by atoms with E-state index in [-0.39, 0.29) is 17.7 Å². The van der Waals surface area contributed by atoms with Gasteiger partial charge in [0.05, 0.1) is 17.7 Å². The molecule has 5 rings (SSSR count). The number of hydrazone groups is 1. The molecule has 0 bridgehead atoms. The Labute approximate surface area is 218 Å². The van der Waals surface area contributed by atoms with E-state index in [4.69, 9.17) is 16.0 Å². The highest BCUT2D eigenvalue weighted by atomic mass is 35.5. The lowest BCUT2D eigenvalue weighted by molar-refractivity contribution is -0.130. The maximum absolute atomic E-state index is 13.4. The Hall–Kier alpha value is -3.62. The van der Waals surface area contributed by atoms with Gasteiger partial charge in [-0.1, -0.05) is 65.3 Å². The molecule has 2 aromatic heterocycles. The van der Waals surface area contributed by atoms with Crippen molar-refractivity contribution in [2.45, 2.75) is 31.1 Å². The molecule has 0 aliphatic carbocycles. The second kappa shape index (κ2) is 10.6. The van der Waals surface area contributed by atoms with Crippen LogP contribution in [0, 0.1) is 6.92 Å². The van der Waals surface area contributed by atoms with Crippen LogP contribution in [0.15, 0.2) is 94.3 Å². The highest BCUT2D eigenvalue weighted by Gasteiger charge is 2.35. The van der Waals surface area contributed by atoms with Gasteiger partial charge < -0.3 is 4.42 Å². The van der Waals surface area contributed by atoms with Gasteiger partial charge in [0.1, 0.15) is 11.8 Å². The summed E-state index contributed by atoms with van der Waals surface area (Å²) in [5, 5.41) is 16.3. The van der Waals surface area contributed by atoms with Crippen LogP contribution in [0.1, 0.15) is 29.3 Å². The number of thioether (sulfide) groups is 1. The fourth-order valence-electron chi connectivity index (χ4n) is 4.14. The Bertz CT molecular complexity index is 1410. The van der Waals surface area contributed by atoms with Crippen LogP contribution >= 0.6 is 23.4 Å². The molecule has 0 saturated heterocycles. The van der Waals surface area contributed by atoms with Crippen molar-refractivity contribution in [3.8, 4) is 11.4 Å². The summed E-state index contributed by atoms with van der Waals surface area (Å²) in [4.78, 5) is 13.4. The van der Waals surface area contributed by atoms with Gasteiger partial charge in [-0.3, -0.25) is 9.36 Å². The molecule has 1 aliphatic heterocycles. The molecule has 0 saturated carbocycles. The zero-order chi connectivity index (χ0) is 25.1. The second-order valence-electron chi connectivity index (χ2n) is 8.39. The number of carbonyl (C=O) groups is 1.